The van der Waals surface area contributed by atoms with Gasteiger partial charge in [-0.25, -0.2) is 0 Å². The minimum Gasteiger partial charge on any atom is -0.489 e. The molecule has 21 heavy (non-hydrogen) atoms. The van der Waals surface area contributed by atoms with Gasteiger partial charge in [0.05, 0.1) is 11.7 Å². The summed E-state index contributed by atoms with van der Waals surface area (Å²) in [6.45, 7) is 2.07. The van der Waals surface area contributed by atoms with Gasteiger partial charge in [-0.05, 0) is 30.2 Å². The smallest absolute Gasteiger partial charge is 0.224 e. The van der Waals surface area contributed by atoms with Crippen LogP contribution >= 0.6 is 11.6 Å². The van der Waals surface area contributed by atoms with Crippen LogP contribution in [0, 0.1) is 0 Å². The summed E-state index contributed by atoms with van der Waals surface area (Å²) in [4.78, 5) is 13.9. The Hall–Kier alpha value is -2.00. The van der Waals surface area contributed by atoms with Crippen molar-refractivity contribution in [2.45, 2.75) is 19.4 Å². The van der Waals surface area contributed by atoms with E-state index in [4.69, 9.17) is 16.3 Å². The summed E-state index contributed by atoms with van der Waals surface area (Å²) in [5.41, 5.74) is 1.94. The summed E-state index contributed by atoms with van der Waals surface area (Å²) < 4.78 is 5.79. The normalized spacial score (nSPS) is 17.0. The zero-order valence-electron chi connectivity index (χ0n) is 11.8. The topological polar surface area (TPSA) is 29.5 Å². The van der Waals surface area contributed by atoms with Gasteiger partial charge >= 0.3 is 0 Å². The molecule has 3 nitrogen and oxygen atoms in total. The van der Waals surface area contributed by atoms with Crippen LogP contribution in [0.3, 0.4) is 0 Å². The highest BCUT2D eigenvalue weighted by Crippen LogP contribution is 2.36. The Morgan fingerprint density at radius 3 is 2.76 bits per heavy atom. The number of halogens is 1. The standard InChI is InChI=1S/C17H16ClNO2/c1-12(20)19-15(9-13-5-3-2-4-6-13)11-21-17-8-7-14(18)10-16(17)19/h2-8,10,15H,9,11H2,1H3/t15-/m1/s1. The number of rotatable bonds is 2. The Morgan fingerprint density at radius 2 is 2.05 bits per heavy atom. The second-order valence-electron chi connectivity index (χ2n) is 5.16. The van der Waals surface area contributed by atoms with Gasteiger partial charge in [-0.2, -0.15) is 0 Å². The fraction of sp³-hybridized carbons (Fsp3) is 0.235. The Balaban J connectivity index is 1.94. The van der Waals surface area contributed by atoms with Crippen LogP contribution in [-0.4, -0.2) is 18.6 Å². The molecule has 0 bridgehead atoms. The van der Waals surface area contributed by atoms with Gasteiger partial charge in [0.25, 0.3) is 0 Å². The molecule has 0 aromatic heterocycles. The molecule has 1 heterocycles. The van der Waals surface area contributed by atoms with Crippen LogP contribution in [-0.2, 0) is 11.2 Å². The maximum Gasteiger partial charge on any atom is 0.224 e. The van der Waals surface area contributed by atoms with E-state index in [0.29, 0.717) is 17.4 Å². The first-order chi connectivity index (χ1) is 10.1. The van der Waals surface area contributed by atoms with Crippen molar-refractivity contribution in [3.63, 3.8) is 0 Å². The number of benzene rings is 2. The van der Waals surface area contributed by atoms with E-state index in [1.807, 2.05) is 24.3 Å². The number of carbonyl (C=O) groups excluding carboxylic acids is 1. The molecule has 0 aliphatic carbocycles. The van der Waals surface area contributed by atoms with Gasteiger partial charge in [-0.3, -0.25) is 4.79 Å². The summed E-state index contributed by atoms with van der Waals surface area (Å²) >= 11 is 6.06. The number of ether oxygens (including phenoxy) is 1. The van der Waals surface area contributed by atoms with Crippen LogP contribution in [0.5, 0.6) is 5.75 Å². The van der Waals surface area contributed by atoms with Crippen molar-refractivity contribution in [2.75, 3.05) is 11.5 Å². The van der Waals surface area contributed by atoms with Gasteiger partial charge in [-0.1, -0.05) is 41.9 Å². The third-order valence-electron chi connectivity index (χ3n) is 3.63. The molecule has 1 aliphatic rings. The minimum absolute atomic E-state index is 0.00254. The van der Waals surface area contributed by atoms with E-state index in [0.717, 1.165) is 12.1 Å². The van der Waals surface area contributed by atoms with Crippen molar-refractivity contribution in [3.05, 3.63) is 59.1 Å². The van der Waals surface area contributed by atoms with Crippen LogP contribution < -0.4 is 9.64 Å². The average molecular weight is 302 g/mol. The van der Waals surface area contributed by atoms with E-state index < -0.39 is 0 Å². The first-order valence-corrected chi connectivity index (χ1v) is 7.29. The van der Waals surface area contributed by atoms with Gasteiger partial charge in [0.1, 0.15) is 12.4 Å². The van der Waals surface area contributed by atoms with Gasteiger partial charge < -0.3 is 9.64 Å². The molecule has 0 unspecified atom stereocenters. The van der Waals surface area contributed by atoms with Crippen LogP contribution in [0.15, 0.2) is 48.5 Å². The van der Waals surface area contributed by atoms with E-state index in [9.17, 15) is 4.79 Å². The molecule has 0 fully saturated rings. The van der Waals surface area contributed by atoms with Crippen molar-refractivity contribution < 1.29 is 9.53 Å². The van der Waals surface area contributed by atoms with Crippen molar-refractivity contribution >= 4 is 23.2 Å². The lowest BCUT2D eigenvalue weighted by Crippen LogP contribution is -2.47. The van der Waals surface area contributed by atoms with Crippen LogP contribution in [0.2, 0.25) is 5.02 Å². The largest absolute Gasteiger partial charge is 0.489 e. The summed E-state index contributed by atoms with van der Waals surface area (Å²) in [5, 5.41) is 0.601. The number of nitrogens with zero attached hydrogens (tertiary/aromatic N) is 1. The van der Waals surface area contributed by atoms with Crippen molar-refractivity contribution in [2.24, 2.45) is 0 Å². The number of hydrogen-bond acceptors (Lipinski definition) is 2. The number of anilines is 1. The predicted octanol–water partition coefficient (Wildman–Crippen LogP) is 3.70. The number of hydrogen-bond donors (Lipinski definition) is 0. The number of fused-ring (bicyclic) bond motifs is 1. The third kappa shape index (κ3) is 2.88. The molecule has 0 spiro atoms. The van der Waals surface area contributed by atoms with E-state index in [1.54, 1.807) is 24.0 Å². The summed E-state index contributed by atoms with van der Waals surface area (Å²) in [5.74, 6) is 0.710. The first-order valence-electron chi connectivity index (χ1n) is 6.91. The summed E-state index contributed by atoms with van der Waals surface area (Å²) in [7, 11) is 0. The molecule has 1 amide bonds. The fourth-order valence-electron chi connectivity index (χ4n) is 2.72. The second-order valence-corrected chi connectivity index (χ2v) is 5.59. The average Bonchev–Trinajstić information content (AvgIpc) is 2.47. The van der Waals surface area contributed by atoms with Crippen molar-refractivity contribution in [1.29, 1.82) is 0 Å². The van der Waals surface area contributed by atoms with Crippen LogP contribution in [0.1, 0.15) is 12.5 Å². The lowest BCUT2D eigenvalue weighted by Gasteiger charge is -2.36. The Bertz CT molecular complexity index is 657. The molecule has 4 heteroatoms. The zero-order valence-corrected chi connectivity index (χ0v) is 12.5. The molecule has 108 valence electrons. The van der Waals surface area contributed by atoms with Crippen molar-refractivity contribution in [3.8, 4) is 5.75 Å². The van der Waals surface area contributed by atoms with E-state index in [-0.39, 0.29) is 11.9 Å². The van der Waals surface area contributed by atoms with Gasteiger partial charge in [-0.15, -0.1) is 0 Å². The molecule has 1 atom stereocenters. The first kappa shape index (κ1) is 14.0. The van der Waals surface area contributed by atoms with E-state index >= 15 is 0 Å². The summed E-state index contributed by atoms with van der Waals surface area (Å²) in [6, 6.07) is 15.5. The molecule has 2 aromatic carbocycles. The second kappa shape index (κ2) is 5.78. The van der Waals surface area contributed by atoms with Crippen LogP contribution in [0.25, 0.3) is 0 Å². The van der Waals surface area contributed by atoms with Crippen LogP contribution in [0.4, 0.5) is 5.69 Å². The maximum absolute atomic E-state index is 12.1. The summed E-state index contributed by atoms with van der Waals surface area (Å²) in [6.07, 6.45) is 0.756. The lowest BCUT2D eigenvalue weighted by molar-refractivity contribution is -0.117. The molecule has 1 aliphatic heterocycles. The molecular weight excluding hydrogens is 286 g/mol. The minimum atomic E-state index is -0.0177. The number of carbonyl (C=O) groups is 1. The van der Waals surface area contributed by atoms with Gasteiger partial charge in [0.15, 0.2) is 0 Å². The molecule has 0 N–H and O–H groups in total. The third-order valence-corrected chi connectivity index (χ3v) is 3.87. The van der Waals surface area contributed by atoms with Gasteiger partial charge in [0.2, 0.25) is 5.91 Å². The maximum atomic E-state index is 12.1. The monoisotopic (exact) mass is 301 g/mol. The Kier molecular flexibility index (Phi) is 3.84. The van der Waals surface area contributed by atoms with Crippen molar-refractivity contribution in [1.82, 2.24) is 0 Å². The molecular formula is C17H16ClNO2. The molecule has 0 saturated carbocycles. The fourth-order valence-corrected chi connectivity index (χ4v) is 2.89. The number of amides is 1. The van der Waals surface area contributed by atoms with Gasteiger partial charge in [0, 0.05) is 11.9 Å². The molecule has 2 aromatic rings. The molecule has 3 rings (SSSR count). The zero-order chi connectivity index (χ0) is 14.8. The quantitative estimate of drug-likeness (QED) is 0.846. The van der Waals surface area contributed by atoms with E-state index in [2.05, 4.69) is 12.1 Å². The highest BCUT2D eigenvalue weighted by atomic mass is 35.5. The molecule has 0 radical (unpaired) electrons. The predicted molar refractivity (Wildman–Crippen MR) is 84.0 cm³/mol. The molecule has 0 saturated heterocycles. The highest BCUT2D eigenvalue weighted by Gasteiger charge is 2.30. The Labute approximate surface area is 129 Å². The Morgan fingerprint density at radius 1 is 1.29 bits per heavy atom. The lowest BCUT2D eigenvalue weighted by atomic mass is 10.0. The highest BCUT2D eigenvalue weighted by molar-refractivity contribution is 6.31. The SMILES string of the molecule is CC(=O)N1c2cc(Cl)ccc2OC[C@H]1Cc1ccccc1. The van der Waals surface area contributed by atoms with E-state index in [1.165, 1.54) is 5.56 Å².